The van der Waals surface area contributed by atoms with E-state index in [0.717, 1.165) is 31.2 Å². The Morgan fingerprint density at radius 3 is 2.36 bits per heavy atom. The Balaban J connectivity index is 1.52. The number of carbonyl (C=O) groups excluding carboxylic acids is 2. The molecular formula is C32H36ClFN2O3. The van der Waals surface area contributed by atoms with E-state index in [0.29, 0.717) is 35.8 Å². The van der Waals surface area contributed by atoms with Crippen molar-refractivity contribution >= 4 is 23.4 Å². The first-order chi connectivity index (χ1) is 19.0. The number of benzene rings is 3. The lowest BCUT2D eigenvalue weighted by Gasteiger charge is -2.33. The fourth-order valence-electron chi connectivity index (χ4n) is 5.00. The van der Waals surface area contributed by atoms with Gasteiger partial charge in [0.25, 0.3) is 0 Å². The summed E-state index contributed by atoms with van der Waals surface area (Å²) in [6.45, 7) is 0.345. The third-order valence-electron chi connectivity index (χ3n) is 7.14. The van der Waals surface area contributed by atoms with Gasteiger partial charge in [-0.15, -0.1) is 0 Å². The van der Waals surface area contributed by atoms with Crippen LogP contribution in [0.25, 0.3) is 0 Å². The molecule has 1 aliphatic rings. The first-order valence-corrected chi connectivity index (χ1v) is 14.1. The average molecular weight is 551 g/mol. The van der Waals surface area contributed by atoms with Crippen molar-refractivity contribution in [3.8, 4) is 5.75 Å². The van der Waals surface area contributed by atoms with Gasteiger partial charge in [0.05, 0.1) is 6.61 Å². The largest absolute Gasteiger partial charge is 0.494 e. The van der Waals surface area contributed by atoms with Crippen molar-refractivity contribution in [2.75, 3.05) is 6.61 Å². The quantitative estimate of drug-likeness (QED) is 0.254. The van der Waals surface area contributed by atoms with Crippen molar-refractivity contribution in [1.82, 2.24) is 10.2 Å². The molecule has 0 saturated heterocycles. The zero-order valence-corrected chi connectivity index (χ0v) is 22.9. The lowest BCUT2D eigenvalue weighted by Crippen LogP contribution is -2.53. The smallest absolute Gasteiger partial charge is 0.243 e. The van der Waals surface area contributed by atoms with E-state index < -0.39 is 11.9 Å². The fourth-order valence-corrected chi connectivity index (χ4v) is 5.12. The van der Waals surface area contributed by atoms with Crippen LogP contribution in [0, 0.1) is 5.82 Å². The van der Waals surface area contributed by atoms with Gasteiger partial charge in [0.2, 0.25) is 11.8 Å². The van der Waals surface area contributed by atoms with E-state index in [9.17, 15) is 14.0 Å². The van der Waals surface area contributed by atoms with E-state index >= 15 is 0 Å². The molecule has 0 spiro atoms. The first kappa shape index (κ1) is 28.6. The second-order valence-corrected chi connectivity index (χ2v) is 10.5. The summed E-state index contributed by atoms with van der Waals surface area (Å²) in [5.41, 5.74) is 1.32. The fraction of sp³-hybridized carbons (Fsp3) is 0.375. The van der Waals surface area contributed by atoms with Gasteiger partial charge < -0.3 is 15.0 Å². The van der Waals surface area contributed by atoms with Crippen molar-refractivity contribution in [3.05, 3.63) is 101 Å². The Morgan fingerprint density at radius 1 is 0.949 bits per heavy atom. The molecular weight excluding hydrogens is 515 g/mol. The molecule has 0 aromatic heterocycles. The molecule has 1 fully saturated rings. The highest BCUT2D eigenvalue weighted by atomic mass is 35.5. The first-order valence-electron chi connectivity index (χ1n) is 13.7. The van der Waals surface area contributed by atoms with Crippen LogP contribution in [0.15, 0.2) is 78.9 Å². The van der Waals surface area contributed by atoms with Crippen molar-refractivity contribution in [2.24, 2.45) is 0 Å². The van der Waals surface area contributed by atoms with Gasteiger partial charge in [0.1, 0.15) is 17.6 Å². The van der Waals surface area contributed by atoms with E-state index in [4.69, 9.17) is 16.3 Å². The molecule has 2 amide bonds. The molecule has 1 unspecified atom stereocenters. The summed E-state index contributed by atoms with van der Waals surface area (Å²) in [5, 5.41) is 3.83. The minimum absolute atomic E-state index is 0.0130. The minimum Gasteiger partial charge on any atom is -0.494 e. The number of hydrogen-bond donors (Lipinski definition) is 1. The Bertz CT molecular complexity index is 1200. The van der Waals surface area contributed by atoms with Crippen LogP contribution in [-0.2, 0) is 22.6 Å². The van der Waals surface area contributed by atoms with Gasteiger partial charge in [-0.1, -0.05) is 79.4 Å². The van der Waals surface area contributed by atoms with E-state index in [2.05, 4.69) is 5.32 Å². The number of halogens is 2. The monoisotopic (exact) mass is 550 g/mol. The molecule has 3 aromatic carbocycles. The summed E-state index contributed by atoms with van der Waals surface area (Å²) >= 11 is 5.94. The summed E-state index contributed by atoms with van der Waals surface area (Å²) in [6, 6.07) is 22.5. The average Bonchev–Trinajstić information content (AvgIpc) is 2.96. The van der Waals surface area contributed by atoms with Gasteiger partial charge in [0, 0.05) is 36.0 Å². The Hall–Kier alpha value is -3.38. The van der Waals surface area contributed by atoms with Crippen molar-refractivity contribution in [1.29, 1.82) is 0 Å². The maximum atomic E-state index is 14.7. The number of rotatable bonds is 12. The predicted molar refractivity (Wildman–Crippen MR) is 152 cm³/mol. The Morgan fingerprint density at radius 2 is 1.64 bits per heavy atom. The third-order valence-corrected chi connectivity index (χ3v) is 7.39. The van der Waals surface area contributed by atoms with Gasteiger partial charge in [-0.3, -0.25) is 9.59 Å². The van der Waals surface area contributed by atoms with Crippen molar-refractivity contribution in [2.45, 2.75) is 70.0 Å². The zero-order valence-electron chi connectivity index (χ0n) is 22.2. The molecule has 3 aromatic rings. The molecule has 0 bridgehead atoms. The normalized spacial score (nSPS) is 14.4. The molecule has 1 atom stereocenters. The molecule has 4 rings (SSSR count). The molecule has 5 nitrogen and oxygen atoms in total. The van der Waals surface area contributed by atoms with Crippen LogP contribution in [0.1, 0.15) is 56.1 Å². The summed E-state index contributed by atoms with van der Waals surface area (Å²) in [5.74, 6) is -0.123. The SMILES string of the molecule is O=C(NC1CCCCC1)C(Cc1ccccc1)N(Cc1ccccc1F)C(=O)CCCOc1ccc(Cl)cc1. The highest BCUT2D eigenvalue weighted by Crippen LogP contribution is 2.21. The summed E-state index contributed by atoms with van der Waals surface area (Å²) in [7, 11) is 0. The van der Waals surface area contributed by atoms with Gasteiger partial charge in [-0.25, -0.2) is 4.39 Å². The van der Waals surface area contributed by atoms with E-state index in [1.54, 1.807) is 47.4 Å². The molecule has 7 heteroatoms. The van der Waals surface area contributed by atoms with Crippen LogP contribution in [-0.4, -0.2) is 35.4 Å². The van der Waals surface area contributed by atoms with E-state index in [-0.39, 0.29) is 30.8 Å². The lowest BCUT2D eigenvalue weighted by molar-refractivity contribution is -0.141. The molecule has 0 aliphatic heterocycles. The van der Waals surface area contributed by atoms with Gasteiger partial charge in [-0.2, -0.15) is 0 Å². The molecule has 1 saturated carbocycles. The number of ether oxygens (including phenoxy) is 1. The van der Waals surface area contributed by atoms with E-state index in [1.807, 2.05) is 30.3 Å². The van der Waals surface area contributed by atoms with Crippen LogP contribution in [0.4, 0.5) is 4.39 Å². The highest BCUT2D eigenvalue weighted by Gasteiger charge is 2.32. The molecule has 0 heterocycles. The second-order valence-electron chi connectivity index (χ2n) is 10.1. The molecule has 1 N–H and O–H groups in total. The van der Waals surface area contributed by atoms with Crippen LogP contribution in [0.3, 0.4) is 0 Å². The second kappa shape index (κ2) is 14.7. The van der Waals surface area contributed by atoms with Crippen LogP contribution < -0.4 is 10.1 Å². The van der Waals surface area contributed by atoms with Crippen LogP contribution >= 0.6 is 11.6 Å². The summed E-state index contributed by atoms with van der Waals surface area (Å²) < 4.78 is 20.5. The van der Waals surface area contributed by atoms with Crippen molar-refractivity contribution < 1.29 is 18.7 Å². The number of amides is 2. The zero-order chi connectivity index (χ0) is 27.5. The summed E-state index contributed by atoms with van der Waals surface area (Å²) in [4.78, 5) is 29.0. The van der Waals surface area contributed by atoms with Gasteiger partial charge in [-0.05, 0) is 55.2 Å². The third kappa shape index (κ3) is 8.82. The van der Waals surface area contributed by atoms with Gasteiger partial charge in [0.15, 0.2) is 0 Å². The molecule has 39 heavy (non-hydrogen) atoms. The minimum atomic E-state index is -0.765. The standard InChI is InChI=1S/C32H36ClFN2O3/c33-26-17-19-28(20-18-26)39-21-9-16-31(37)36(23-25-12-7-8-15-29(25)34)30(22-24-10-3-1-4-11-24)32(38)35-27-13-5-2-6-14-27/h1,3-4,7-8,10-12,15,17-20,27,30H,2,5-6,9,13-14,16,21-23H2,(H,35,38). The summed E-state index contributed by atoms with van der Waals surface area (Å²) in [6.07, 6.45) is 6.19. The Labute approximate surface area is 235 Å². The number of carbonyl (C=O) groups is 2. The number of nitrogens with zero attached hydrogens (tertiary/aromatic N) is 1. The number of hydrogen-bond acceptors (Lipinski definition) is 3. The highest BCUT2D eigenvalue weighted by molar-refractivity contribution is 6.30. The molecule has 0 radical (unpaired) electrons. The molecule has 206 valence electrons. The lowest BCUT2D eigenvalue weighted by atomic mass is 9.94. The maximum Gasteiger partial charge on any atom is 0.243 e. The molecule has 1 aliphatic carbocycles. The van der Waals surface area contributed by atoms with E-state index in [1.165, 1.54) is 12.5 Å². The van der Waals surface area contributed by atoms with Crippen molar-refractivity contribution in [3.63, 3.8) is 0 Å². The van der Waals surface area contributed by atoms with Gasteiger partial charge >= 0.3 is 0 Å². The number of nitrogens with one attached hydrogen (secondary N) is 1. The topological polar surface area (TPSA) is 58.6 Å². The van der Waals surface area contributed by atoms with Crippen LogP contribution in [0.5, 0.6) is 5.75 Å². The van der Waals surface area contributed by atoms with Crippen LogP contribution in [0.2, 0.25) is 5.02 Å². The Kier molecular flexibility index (Phi) is 10.8. The predicted octanol–water partition coefficient (Wildman–Crippen LogP) is 6.73. The maximum absolute atomic E-state index is 14.7.